The van der Waals surface area contributed by atoms with Gasteiger partial charge in [0.2, 0.25) is 0 Å². The Hall–Kier alpha value is -9.12. The zero-order valence-electron chi connectivity index (χ0n) is 39.7. The maximum absolute atomic E-state index is 9.86. The van der Waals surface area contributed by atoms with Crippen LogP contribution in [0.4, 0.5) is 0 Å². The van der Waals surface area contributed by atoms with Crippen molar-refractivity contribution < 1.29 is 14.2 Å². The Bertz CT molecular complexity index is 3170. The number of rotatable bonds is 9. The second-order valence-electron chi connectivity index (χ2n) is 15.3. The highest BCUT2D eigenvalue weighted by Gasteiger charge is 2.15. The van der Waals surface area contributed by atoms with E-state index in [9.17, 15) is 10.5 Å². The van der Waals surface area contributed by atoms with Gasteiger partial charge >= 0.3 is 0 Å². The Morgan fingerprint density at radius 1 is 0.319 bits per heavy atom. The molecule has 0 fully saturated rings. The molecule has 0 saturated heterocycles. The van der Waals surface area contributed by atoms with Gasteiger partial charge in [-0.2, -0.15) is 10.5 Å². The summed E-state index contributed by atoms with van der Waals surface area (Å²) in [5.41, 5.74) is 11.0. The zero-order valence-corrected chi connectivity index (χ0v) is 41.3. The lowest BCUT2D eigenvalue weighted by molar-refractivity contribution is 0.414. The number of allylic oxidation sites excluding steroid dienone is 2. The maximum atomic E-state index is 9.86. The molecule has 9 rings (SSSR count). The Kier molecular flexibility index (Phi) is 22.2. The summed E-state index contributed by atoms with van der Waals surface area (Å²) in [7, 11) is 4.94. The fourth-order valence-electron chi connectivity index (χ4n) is 7.13. The van der Waals surface area contributed by atoms with Gasteiger partial charge in [0.05, 0.1) is 32.5 Å². The Morgan fingerprint density at radius 2 is 0.569 bits per heavy atom. The van der Waals surface area contributed by atoms with E-state index in [0.717, 1.165) is 77.4 Å². The molecule has 5 nitrogen and oxygen atoms in total. The molecule has 6 heteroatoms. The van der Waals surface area contributed by atoms with Gasteiger partial charge in [0, 0.05) is 26.7 Å². The van der Waals surface area contributed by atoms with E-state index < -0.39 is 0 Å². The van der Waals surface area contributed by atoms with Crippen molar-refractivity contribution in [3.8, 4) is 41.2 Å². The topological polar surface area (TPSA) is 75.3 Å². The summed E-state index contributed by atoms with van der Waals surface area (Å²) in [4.78, 5) is 0. The lowest BCUT2D eigenvalue weighted by atomic mass is 9.90. The van der Waals surface area contributed by atoms with Crippen molar-refractivity contribution in [3.63, 3.8) is 0 Å². The molecule has 0 unspecified atom stereocenters. The lowest BCUT2D eigenvalue weighted by Gasteiger charge is -2.13. The van der Waals surface area contributed by atoms with Gasteiger partial charge in [-0.3, -0.25) is 0 Å². The summed E-state index contributed by atoms with van der Waals surface area (Å²) in [5.74, 6) is 8.64. The monoisotopic (exact) mass is 1000 g/mol. The van der Waals surface area contributed by atoms with Crippen molar-refractivity contribution in [2.75, 3.05) is 21.3 Å². The molecule has 9 aromatic carbocycles. The Labute approximate surface area is 434 Å². The van der Waals surface area contributed by atoms with E-state index in [0.29, 0.717) is 11.1 Å². The van der Waals surface area contributed by atoms with Crippen LogP contribution in [0.15, 0.2) is 259 Å². The van der Waals surface area contributed by atoms with Crippen molar-refractivity contribution in [2.45, 2.75) is 7.43 Å². The fourth-order valence-corrected chi connectivity index (χ4v) is 7.43. The van der Waals surface area contributed by atoms with Crippen molar-refractivity contribution >= 4 is 38.2 Å². The molecule has 0 aliphatic rings. The molecular formula is C66H55BrN2O3. The zero-order chi connectivity index (χ0) is 49.9. The maximum Gasteiger partial charge on any atom is 0.118 e. The van der Waals surface area contributed by atoms with E-state index in [1.54, 1.807) is 21.3 Å². The third kappa shape index (κ3) is 16.3. The van der Waals surface area contributed by atoms with E-state index in [-0.39, 0.29) is 7.43 Å². The van der Waals surface area contributed by atoms with Crippen molar-refractivity contribution in [2.24, 2.45) is 0 Å². The first-order valence-corrected chi connectivity index (χ1v) is 23.4. The predicted octanol–water partition coefficient (Wildman–Crippen LogP) is 16.5. The minimum absolute atomic E-state index is 0. The van der Waals surface area contributed by atoms with Crippen LogP contribution in [0.3, 0.4) is 0 Å². The molecule has 0 saturated carbocycles. The largest absolute Gasteiger partial charge is 0.497 e. The number of hydrogen-bond donors (Lipinski definition) is 0. The predicted molar refractivity (Wildman–Crippen MR) is 301 cm³/mol. The number of ether oxygens (including phenoxy) is 3. The molecule has 354 valence electrons. The van der Waals surface area contributed by atoms with Gasteiger partial charge in [-0.25, -0.2) is 0 Å². The number of benzene rings is 9. The van der Waals surface area contributed by atoms with Crippen LogP contribution in [0, 0.1) is 34.5 Å². The number of nitriles is 2. The van der Waals surface area contributed by atoms with E-state index in [1.165, 1.54) is 0 Å². The average Bonchev–Trinajstić information content (AvgIpc) is 3.45. The van der Waals surface area contributed by atoms with E-state index in [1.807, 2.05) is 255 Å². The quantitative estimate of drug-likeness (QED) is 0.0818. The van der Waals surface area contributed by atoms with Crippen LogP contribution in [0.25, 0.3) is 22.3 Å². The molecule has 0 bridgehead atoms. The highest BCUT2D eigenvalue weighted by atomic mass is 79.9. The van der Waals surface area contributed by atoms with Crippen LogP contribution < -0.4 is 14.2 Å². The second-order valence-corrected chi connectivity index (χ2v) is 16.2. The molecule has 0 N–H and O–H groups in total. The summed E-state index contributed by atoms with van der Waals surface area (Å²) in [5, 5.41) is 19.7. The molecule has 0 radical (unpaired) electrons. The number of methoxy groups -OCH3 is 3. The number of hydrogen-bond acceptors (Lipinski definition) is 5. The van der Waals surface area contributed by atoms with Crippen LogP contribution >= 0.6 is 15.9 Å². The summed E-state index contributed by atoms with van der Waals surface area (Å²) in [6, 6.07) is 87.6. The molecular weight excluding hydrogens is 949 g/mol. The Balaban J connectivity index is 0.000000189. The fraction of sp³-hybridized carbons (Fsp3) is 0.0606. The van der Waals surface area contributed by atoms with Crippen LogP contribution in [-0.2, 0) is 0 Å². The smallest absolute Gasteiger partial charge is 0.118 e. The molecule has 72 heavy (non-hydrogen) atoms. The summed E-state index contributed by atoms with van der Waals surface area (Å²) < 4.78 is 16.7. The molecule has 0 heterocycles. The summed E-state index contributed by atoms with van der Waals surface area (Å²) in [6.45, 7) is 0. The van der Waals surface area contributed by atoms with Crippen LogP contribution in [-0.4, -0.2) is 21.3 Å². The van der Waals surface area contributed by atoms with Gasteiger partial charge < -0.3 is 14.2 Å². The van der Waals surface area contributed by atoms with Crippen LogP contribution in [0.5, 0.6) is 17.2 Å². The highest BCUT2D eigenvalue weighted by molar-refractivity contribution is 9.10. The van der Waals surface area contributed by atoms with Gasteiger partial charge in [-0.05, 0) is 118 Å². The molecule has 0 aromatic heterocycles. The Morgan fingerprint density at radius 3 is 0.875 bits per heavy atom. The minimum Gasteiger partial charge on any atom is -0.497 e. The van der Waals surface area contributed by atoms with E-state index >= 15 is 0 Å². The van der Waals surface area contributed by atoms with Gasteiger partial charge in [-0.1, -0.05) is 205 Å². The summed E-state index contributed by atoms with van der Waals surface area (Å²) >= 11 is 3.31. The normalized spacial score (nSPS) is 9.92. The molecule has 0 amide bonds. The SMILES string of the molecule is Brc1ccccc1.C.COc1ccc(/C(=C(/C#N)c2ccccc2)c2ccccc2)cc1.COc1ccc(C#Cc2ccccc2)cc1.COc1ccc(C(C#N)=C(c2ccccc2)c2ccccc2)cc1. The number of halogens is 1. The first-order chi connectivity index (χ1) is 34.9. The van der Waals surface area contributed by atoms with Gasteiger partial charge in [0.1, 0.15) is 29.4 Å². The van der Waals surface area contributed by atoms with Crippen molar-refractivity contribution in [3.05, 3.63) is 304 Å². The molecule has 0 aliphatic heterocycles. The van der Waals surface area contributed by atoms with Gasteiger partial charge in [0.15, 0.2) is 0 Å². The molecule has 0 spiro atoms. The first kappa shape index (κ1) is 53.8. The van der Waals surface area contributed by atoms with Gasteiger partial charge in [0.25, 0.3) is 0 Å². The van der Waals surface area contributed by atoms with E-state index in [2.05, 4.69) is 39.9 Å². The molecule has 0 atom stereocenters. The minimum atomic E-state index is 0. The third-order valence-corrected chi connectivity index (χ3v) is 11.2. The average molecular weight is 1000 g/mol. The van der Waals surface area contributed by atoms with Crippen LogP contribution in [0.1, 0.15) is 51.9 Å². The summed E-state index contributed by atoms with van der Waals surface area (Å²) in [6.07, 6.45) is 0. The van der Waals surface area contributed by atoms with Crippen molar-refractivity contribution in [1.29, 1.82) is 10.5 Å². The first-order valence-electron chi connectivity index (χ1n) is 22.7. The third-order valence-electron chi connectivity index (χ3n) is 10.7. The number of nitrogens with zero attached hydrogens (tertiary/aromatic N) is 2. The lowest BCUT2D eigenvalue weighted by Crippen LogP contribution is -1.94. The second kappa shape index (κ2) is 29.7. The molecule has 9 aromatic rings. The standard InChI is InChI=1S/2C22H17NO.C15H12O.C6H5Br.CH4/c1-24-20-14-12-17(13-15-20)21(16-23)22(18-8-4-2-5-9-18)19-10-6-3-7-11-19;1-24-20-14-12-19(13-15-20)22(18-10-6-3-7-11-18)21(16-23)17-8-4-2-5-9-17;1-16-15-11-9-14(10-12-15)8-7-13-5-3-2-4-6-13;7-6-4-2-1-3-5-6;/h2*2-15H,1H3;2-6,9-12H,1H3;1-5H;1H4/b;22-21-;;;. The molecule has 0 aliphatic carbocycles. The van der Waals surface area contributed by atoms with Crippen LogP contribution in [0.2, 0.25) is 0 Å². The van der Waals surface area contributed by atoms with E-state index in [4.69, 9.17) is 14.2 Å². The van der Waals surface area contributed by atoms with Gasteiger partial charge in [-0.15, -0.1) is 0 Å². The highest BCUT2D eigenvalue weighted by Crippen LogP contribution is 2.34. The van der Waals surface area contributed by atoms with Crippen molar-refractivity contribution in [1.82, 2.24) is 0 Å².